The molecular weight excluding hydrogens is 669 g/mol. The lowest BCUT2D eigenvalue weighted by Gasteiger charge is -2.15. The van der Waals surface area contributed by atoms with Gasteiger partial charge in [-0.2, -0.15) is 0 Å². The van der Waals surface area contributed by atoms with Crippen molar-refractivity contribution in [3.8, 4) is 0 Å². The summed E-state index contributed by atoms with van der Waals surface area (Å²) in [4.78, 5) is 24.3. The Morgan fingerprint density at radius 3 is 1.28 bits per heavy atom. The molecule has 1 N–H and O–H groups in total. The van der Waals surface area contributed by atoms with Gasteiger partial charge >= 0.3 is 11.9 Å². The van der Waals surface area contributed by atoms with Crippen molar-refractivity contribution < 1.29 is 24.2 Å². The molecule has 0 radical (unpaired) electrons. The number of carbonyl (C=O) groups excluding carboxylic acids is 2. The summed E-state index contributed by atoms with van der Waals surface area (Å²) in [6, 6.07) is 0. The lowest BCUT2D eigenvalue weighted by Crippen LogP contribution is -2.28. The summed E-state index contributed by atoms with van der Waals surface area (Å²) in [6.07, 6.45) is 60.9. The maximum absolute atomic E-state index is 12.2. The van der Waals surface area contributed by atoms with Crippen LogP contribution < -0.4 is 0 Å². The molecule has 54 heavy (non-hydrogen) atoms. The first-order chi connectivity index (χ1) is 26.6. The Labute approximate surface area is 333 Å². The van der Waals surface area contributed by atoms with Crippen LogP contribution >= 0.6 is 0 Å². The number of rotatable bonds is 39. The summed E-state index contributed by atoms with van der Waals surface area (Å²) in [5.74, 6) is -0.692. The highest BCUT2D eigenvalue weighted by Gasteiger charge is 2.15. The Morgan fingerprint density at radius 2 is 0.833 bits per heavy atom. The monoisotopic (exact) mass is 751 g/mol. The van der Waals surface area contributed by atoms with E-state index in [1.807, 2.05) is 12.2 Å². The van der Waals surface area contributed by atoms with Gasteiger partial charge in [-0.05, 0) is 77.0 Å². The van der Waals surface area contributed by atoms with Crippen LogP contribution in [0.4, 0.5) is 0 Å². The smallest absolute Gasteiger partial charge is 0.306 e. The number of allylic oxidation sites excluding steroid dienone is 14. The van der Waals surface area contributed by atoms with Gasteiger partial charge in [0.25, 0.3) is 0 Å². The number of esters is 2. The molecule has 0 saturated carbocycles. The summed E-state index contributed by atoms with van der Waals surface area (Å²) in [7, 11) is 0. The first kappa shape index (κ1) is 51.1. The molecular formula is C49H82O5. The fourth-order valence-corrected chi connectivity index (χ4v) is 5.87. The largest absolute Gasteiger partial charge is 0.462 e. The predicted octanol–water partition coefficient (Wildman–Crippen LogP) is 14.3. The highest BCUT2D eigenvalue weighted by Crippen LogP contribution is 2.14. The van der Waals surface area contributed by atoms with E-state index >= 15 is 0 Å². The molecule has 0 aromatic heterocycles. The zero-order valence-corrected chi connectivity index (χ0v) is 35.0. The number of hydrogen-bond donors (Lipinski definition) is 1. The van der Waals surface area contributed by atoms with E-state index in [4.69, 9.17) is 9.47 Å². The van der Waals surface area contributed by atoms with E-state index in [0.29, 0.717) is 12.8 Å². The minimum atomic E-state index is -0.807. The van der Waals surface area contributed by atoms with Crippen molar-refractivity contribution in [1.29, 1.82) is 0 Å². The van der Waals surface area contributed by atoms with E-state index in [1.54, 1.807) is 0 Å². The molecule has 0 aromatic rings. The van der Waals surface area contributed by atoms with Gasteiger partial charge in [-0.15, -0.1) is 0 Å². The van der Waals surface area contributed by atoms with Gasteiger partial charge in [0, 0.05) is 12.8 Å². The molecule has 0 heterocycles. The van der Waals surface area contributed by atoms with E-state index in [1.165, 1.54) is 103 Å². The van der Waals surface area contributed by atoms with Crippen LogP contribution in [0.1, 0.15) is 194 Å². The quantitative estimate of drug-likeness (QED) is 0.0385. The molecule has 0 aliphatic carbocycles. The Morgan fingerprint density at radius 1 is 0.444 bits per heavy atom. The van der Waals surface area contributed by atoms with Crippen molar-refractivity contribution in [2.45, 2.75) is 200 Å². The Hall–Kier alpha value is -2.92. The van der Waals surface area contributed by atoms with Crippen molar-refractivity contribution in [1.82, 2.24) is 0 Å². The van der Waals surface area contributed by atoms with E-state index in [2.05, 4.69) is 86.8 Å². The third-order valence-corrected chi connectivity index (χ3v) is 9.19. The van der Waals surface area contributed by atoms with Crippen molar-refractivity contribution in [2.75, 3.05) is 13.2 Å². The third-order valence-electron chi connectivity index (χ3n) is 9.19. The van der Waals surface area contributed by atoms with Gasteiger partial charge in [-0.25, -0.2) is 0 Å². The van der Waals surface area contributed by atoms with Crippen molar-refractivity contribution in [2.24, 2.45) is 0 Å². The van der Waals surface area contributed by atoms with Gasteiger partial charge < -0.3 is 14.6 Å². The van der Waals surface area contributed by atoms with Gasteiger partial charge in [0.15, 0.2) is 6.10 Å². The normalized spacial score (nSPS) is 13.0. The van der Waals surface area contributed by atoms with Crippen molar-refractivity contribution in [3.63, 3.8) is 0 Å². The summed E-state index contributed by atoms with van der Waals surface area (Å²) < 4.78 is 10.6. The van der Waals surface area contributed by atoms with Gasteiger partial charge in [0.05, 0.1) is 6.61 Å². The SMILES string of the molecule is CCC=CCC=CCC=CCC=CCC=CCC=CCCC(=O)OC[C@H](CO)OC(=O)CCCCCCCCCCCCCC=CCCCCCCCC. The summed E-state index contributed by atoms with van der Waals surface area (Å²) in [6.45, 7) is 3.95. The highest BCUT2D eigenvalue weighted by atomic mass is 16.6. The average molecular weight is 751 g/mol. The van der Waals surface area contributed by atoms with Crippen LogP contribution in [0.25, 0.3) is 0 Å². The van der Waals surface area contributed by atoms with Crippen LogP contribution in [0.15, 0.2) is 85.1 Å². The lowest BCUT2D eigenvalue weighted by molar-refractivity contribution is -0.161. The zero-order chi connectivity index (χ0) is 39.3. The average Bonchev–Trinajstić information content (AvgIpc) is 3.17. The second-order valence-electron chi connectivity index (χ2n) is 14.4. The number of unbranched alkanes of at least 4 members (excludes halogenated alkanes) is 17. The molecule has 0 fully saturated rings. The van der Waals surface area contributed by atoms with Gasteiger partial charge in [-0.3, -0.25) is 9.59 Å². The maximum Gasteiger partial charge on any atom is 0.306 e. The first-order valence-electron chi connectivity index (χ1n) is 22.1. The molecule has 0 amide bonds. The number of ether oxygens (including phenoxy) is 2. The summed E-state index contributed by atoms with van der Waals surface area (Å²) >= 11 is 0. The molecule has 0 saturated heterocycles. The fourth-order valence-electron chi connectivity index (χ4n) is 5.87. The summed E-state index contributed by atoms with van der Waals surface area (Å²) in [5, 5.41) is 9.58. The molecule has 0 bridgehead atoms. The summed E-state index contributed by atoms with van der Waals surface area (Å²) in [5.41, 5.74) is 0. The number of aliphatic hydroxyl groups is 1. The van der Waals surface area contributed by atoms with Crippen molar-refractivity contribution in [3.05, 3.63) is 85.1 Å². The molecule has 5 heteroatoms. The Balaban J connectivity index is 3.65. The van der Waals surface area contributed by atoms with E-state index < -0.39 is 6.10 Å². The van der Waals surface area contributed by atoms with Crippen LogP contribution in [0.3, 0.4) is 0 Å². The van der Waals surface area contributed by atoms with Crippen LogP contribution in [0.5, 0.6) is 0 Å². The number of carbonyl (C=O) groups is 2. The molecule has 0 rings (SSSR count). The molecule has 5 nitrogen and oxygen atoms in total. The molecule has 0 aliphatic rings. The standard InChI is InChI=1S/C49H82O5/c1-3-5-7-9-11-13-15-17-19-21-23-24-26-28-30-32-34-36-38-40-42-44-49(52)54-47(45-50)46-53-48(51)43-41-39-37-35-33-31-29-27-25-22-20-18-16-14-12-10-8-6-4-2/h6,8,12,14,17-20,25,27,31,33,37,39,47,50H,3-5,7,9-11,13,15-16,21-24,26,28-30,32,34-36,38,40-46H2,1-2H3/t47-/m0/s1. The van der Waals surface area contributed by atoms with E-state index in [0.717, 1.165) is 57.8 Å². The second-order valence-corrected chi connectivity index (χ2v) is 14.4. The van der Waals surface area contributed by atoms with Crippen molar-refractivity contribution >= 4 is 11.9 Å². The lowest BCUT2D eigenvalue weighted by atomic mass is 10.0. The minimum Gasteiger partial charge on any atom is -0.462 e. The predicted molar refractivity (Wildman–Crippen MR) is 233 cm³/mol. The van der Waals surface area contributed by atoms with Crippen LogP contribution in [-0.2, 0) is 19.1 Å². The zero-order valence-electron chi connectivity index (χ0n) is 35.0. The third kappa shape index (κ3) is 41.8. The second kappa shape index (κ2) is 44.5. The minimum absolute atomic E-state index is 0.110. The number of hydrogen-bond acceptors (Lipinski definition) is 5. The topological polar surface area (TPSA) is 72.8 Å². The first-order valence-corrected chi connectivity index (χ1v) is 22.1. The molecule has 0 unspecified atom stereocenters. The molecule has 308 valence electrons. The van der Waals surface area contributed by atoms with Crippen LogP contribution in [0.2, 0.25) is 0 Å². The van der Waals surface area contributed by atoms with E-state index in [9.17, 15) is 14.7 Å². The van der Waals surface area contributed by atoms with Crippen LogP contribution in [-0.4, -0.2) is 36.4 Å². The molecule has 0 aliphatic heterocycles. The van der Waals surface area contributed by atoms with Crippen LogP contribution in [0, 0.1) is 0 Å². The van der Waals surface area contributed by atoms with E-state index in [-0.39, 0.29) is 31.6 Å². The van der Waals surface area contributed by atoms with Gasteiger partial charge in [0.2, 0.25) is 0 Å². The fraction of sp³-hybridized carbons (Fsp3) is 0.673. The number of aliphatic hydroxyl groups excluding tert-OH is 1. The molecule has 1 atom stereocenters. The van der Waals surface area contributed by atoms with Gasteiger partial charge in [0.1, 0.15) is 6.61 Å². The Bertz CT molecular complexity index is 1030. The Kier molecular flexibility index (Phi) is 42.1. The molecule has 0 aromatic carbocycles. The maximum atomic E-state index is 12.2. The molecule has 0 spiro atoms. The highest BCUT2D eigenvalue weighted by molar-refractivity contribution is 5.70. The van der Waals surface area contributed by atoms with Gasteiger partial charge in [-0.1, -0.05) is 189 Å².